The Kier molecular flexibility index (Phi) is 5.49. The van der Waals surface area contributed by atoms with Gasteiger partial charge >= 0.3 is 0 Å². The minimum absolute atomic E-state index is 0.0241. The quantitative estimate of drug-likeness (QED) is 0.918. The fraction of sp³-hybridized carbons (Fsp3) is 0.350. The molecule has 1 aliphatic heterocycles. The van der Waals surface area contributed by atoms with Gasteiger partial charge in [-0.15, -0.1) is 0 Å². The molecule has 4 nitrogen and oxygen atoms in total. The van der Waals surface area contributed by atoms with Gasteiger partial charge in [0.2, 0.25) is 0 Å². The Balaban J connectivity index is 1.41. The molecule has 4 heteroatoms. The van der Waals surface area contributed by atoms with Crippen LogP contribution in [0.3, 0.4) is 0 Å². The van der Waals surface area contributed by atoms with Crippen molar-refractivity contribution in [2.75, 3.05) is 44.2 Å². The van der Waals surface area contributed by atoms with Gasteiger partial charge in [0, 0.05) is 50.5 Å². The van der Waals surface area contributed by atoms with E-state index in [2.05, 4.69) is 45.4 Å². The number of piperazine rings is 1. The van der Waals surface area contributed by atoms with Gasteiger partial charge in [0.25, 0.3) is 5.91 Å². The van der Waals surface area contributed by atoms with Crippen molar-refractivity contribution in [1.29, 1.82) is 0 Å². The van der Waals surface area contributed by atoms with E-state index < -0.39 is 0 Å². The molecule has 0 radical (unpaired) electrons. The maximum atomic E-state index is 12.2. The fourth-order valence-electron chi connectivity index (χ4n) is 3.12. The first-order valence-electron chi connectivity index (χ1n) is 8.60. The molecular formula is C20H25N3O. The first kappa shape index (κ1) is 16.5. The highest BCUT2D eigenvalue weighted by Gasteiger charge is 2.17. The topological polar surface area (TPSA) is 35.6 Å². The lowest BCUT2D eigenvalue weighted by molar-refractivity contribution is 0.0947. The number of anilines is 1. The second-order valence-corrected chi connectivity index (χ2v) is 6.24. The van der Waals surface area contributed by atoms with Crippen molar-refractivity contribution >= 4 is 11.6 Å². The summed E-state index contributed by atoms with van der Waals surface area (Å²) in [6.07, 6.45) is 0. The molecule has 1 saturated heterocycles. The van der Waals surface area contributed by atoms with E-state index in [0.29, 0.717) is 6.54 Å². The van der Waals surface area contributed by atoms with E-state index in [1.165, 1.54) is 5.69 Å². The van der Waals surface area contributed by atoms with Crippen LogP contribution in [0.4, 0.5) is 5.69 Å². The molecule has 0 bridgehead atoms. The van der Waals surface area contributed by atoms with Crippen LogP contribution in [-0.2, 0) is 0 Å². The standard InChI is InChI=1S/C20H25N3O/c1-17-7-5-6-10-19(17)20(24)21-11-12-22-13-15-23(16-14-22)18-8-3-2-4-9-18/h2-10H,11-16H2,1H3,(H,21,24). The summed E-state index contributed by atoms with van der Waals surface area (Å²) in [5.74, 6) is 0.0241. The Morgan fingerprint density at radius 2 is 1.62 bits per heavy atom. The summed E-state index contributed by atoms with van der Waals surface area (Å²) < 4.78 is 0. The lowest BCUT2D eigenvalue weighted by atomic mass is 10.1. The monoisotopic (exact) mass is 323 g/mol. The molecule has 0 unspecified atom stereocenters. The van der Waals surface area contributed by atoms with Crippen LogP contribution >= 0.6 is 0 Å². The Hall–Kier alpha value is -2.33. The zero-order chi connectivity index (χ0) is 16.8. The molecule has 0 aromatic heterocycles. The maximum absolute atomic E-state index is 12.2. The van der Waals surface area contributed by atoms with Crippen LogP contribution in [0, 0.1) is 6.92 Å². The lowest BCUT2D eigenvalue weighted by Gasteiger charge is -2.36. The number of aryl methyl sites for hydroxylation is 1. The summed E-state index contributed by atoms with van der Waals surface area (Å²) in [5.41, 5.74) is 3.09. The van der Waals surface area contributed by atoms with Gasteiger partial charge in [-0.3, -0.25) is 9.69 Å². The number of carbonyl (C=O) groups is 1. The van der Waals surface area contributed by atoms with Crippen LogP contribution in [0.5, 0.6) is 0 Å². The maximum Gasteiger partial charge on any atom is 0.251 e. The molecule has 24 heavy (non-hydrogen) atoms. The van der Waals surface area contributed by atoms with Crippen LogP contribution in [0.25, 0.3) is 0 Å². The van der Waals surface area contributed by atoms with Gasteiger partial charge in [0.05, 0.1) is 0 Å². The Labute approximate surface area is 144 Å². The van der Waals surface area contributed by atoms with Gasteiger partial charge in [0.1, 0.15) is 0 Å². The minimum Gasteiger partial charge on any atom is -0.369 e. The van der Waals surface area contributed by atoms with E-state index in [1.807, 2.05) is 31.2 Å². The SMILES string of the molecule is Cc1ccccc1C(=O)NCCN1CCN(c2ccccc2)CC1. The smallest absolute Gasteiger partial charge is 0.251 e. The van der Waals surface area contributed by atoms with Gasteiger partial charge in [-0.1, -0.05) is 36.4 Å². The van der Waals surface area contributed by atoms with Crippen molar-refractivity contribution in [3.63, 3.8) is 0 Å². The van der Waals surface area contributed by atoms with Crippen molar-refractivity contribution < 1.29 is 4.79 Å². The minimum atomic E-state index is 0.0241. The molecule has 3 rings (SSSR count). The highest BCUT2D eigenvalue weighted by atomic mass is 16.1. The van der Waals surface area contributed by atoms with E-state index in [9.17, 15) is 4.79 Å². The summed E-state index contributed by atoms with van der Waals surface area (Å²) in [4.78, 5) is 17.0. The zero-order valence-electron chi connectivity index (χ0n) is 14.2. The highest BCUT2D eigenvalue weighted by Crippen LogP contribution is 2.15. The third-order valence-electron chi connectivity index (χ3n) is 4.60. The molecule has 1 aliphatic rings. The third-order valence-corrected chi connectivity index (χ3v) is 4.60. The first-order chi connectivity index (χ1) is 11.7. The van der Waals surface area contributed by atoms with Crippen LogP contribution in [0.2, 0.25) is 0 Å². The van der Waals surface area contributed by atoms with E-state index in [1.54, 1.807) is 0 Å². The number of carbonyl (C=O) groups excluding carboxylic acids is 1. The fourth-order valence-corrected chi connectivity index (χ4v) is 3.12. The predicted molar refractivity (Wildman–Crippen MR) is 98.6 cm³/mol. The van der Waals surface area contributed by atoms with Gasteiger partial charge < -0.3 is 10.2 Å². The van der Waals surface area contributed by atoms with Crippen LogP contribution in [0.15, 0.2) is 54.6 Å². The molecule has 1 fully saturated rings. The van der Waals surface area contributed by atoms with Gasteiger partial charge in [0.15, 0.2) is 0 Å². The summed E-state index contributed by atoms with van der Waals surface area (Å²) >= 11 is 0. The Bertz CT molecular complexity index is 664. The van der Waals surface area contributed by atoms with Crippen LogP contribution < -0.4 is 10.2 Å². The highest BCUT2D eigenvalue weighted by molar-refractivity contribution is 5.95. The average molecular weight is 323 g/mol. The van der Waals surface area contributed by atoms with Gasteiger partial charge in [-0.05, 0) is 30.7 Å². The summed E-state index contributed by atoms with van der Waals surface area (Å²) in [7, 11) is 0. The molecule has 2 aromatic rings. The average Bonchev–Trinajstić information content (AvgIpc) is 2.63. The summed E-state index contributed by atoms with van der Waals surface area (Å²) in [6, 6.07) is 18.3. The van der Waals surface area contributed by atoms with E-state index in [-0.39, 0.29) is 5.91 Å². The number of hydrogen-bond acceptors (Lipinski definition) is 3. The van der Waals surface area contributed by atoms with Crippen molar-refractivity contribution in [2.24, 2.45) is 0 Å². The van der Waals surface area contributed by atoms with Crippen molar-refractivity contribution in [3.8, 4) is 0 Å². The van der Waals surface area contributed by atoms with Crippen LogP contribution in [0.1, 0.15) is 15.9 Å². The molecule has 0 aliphatic carbocycles. The van der Waals surface area contributed by atoms with Crippen molar-refractivity contribution in [3.05, 3.63) is 65.7 Å². The second-order valence-electron chi connectivity index (χ2n) is 6.24. The largest absolute Gasteiger partial charge is 0.369 e. The predicted octanol–water partition coefficient (Wildman–Crippen LogP) is 2.55. The number of nitrogens with zero attached hydrogens (tertiary/aromatic N) is 2. The number of para-hydroxylation sites is 1. The zero-order valence-corrected chi connectivity index (χ0v) is 14.2. The van der Waals surface area contributed by atoms with Crippen molar-refractivity contribution in [2.45, 2.75) is 6.92 Å². The molecular weight excluding hydrogens is 298 g/mol. The molecule has 1 amide bonds. The molecule has 2 aromatic carbocycles. The van der Waals surface area contributed by atoms with E-state index >= 15 is 0 Å². The molecule has 1 N–H and O–H groups in total. The molecule has 0 atom stereocenters. The summed E-state index contributed by atoms with van der Waals surface area (Å²) in [5, 5.41) is 3.04. The second kappa shape index (κ2) is 7.97. The van der Waals surface area contributed by atoms with E-state index in [4.69, 9.17) is 0 Å². The third kappa shape index (κ3) is 4.15. The number of nitrogens with one attached hydrogen (secondary N) is 1. The molecule has 0 saturated carbocycles. The number of amides is 1. The van der Waals surface area contributed by atoms with Crippen molar-refractivity contribution in [1.82, 2.24) is 10.2 Å². The normalized spacial score (nSPS) is 15.3. The van der Waals surface area contributed by atoms with Crippen LogP contribution in [-0.4, -0.2) is 50.1 Å². The lowest BCUT2D eigenvalue weighted by Crippen LogP contribution is -2.48. The van der Waals surface area contributed by atoms with Gasteiger partial charge in [-0.25, -0.2) is 0 Å². The molecule has 1 heterocycles. The van der Waals surface area contributed by atoms with Gasteiger partial charge in [-0.2, -0.15) is 0 Å². The number of rotatable bonds is 5. The first-order valence-corrected chi connectivity index (χ1v) is 8.60. The number of hydrogen-bond donors (Lipinski definition) is 1. The number of benzene rings is 2. The van der Waals surface area contributed by atoms with E-state index in [0.717, 1.165) is 43.9 Å². The Morgan fingerprint density at radius 1 is 0.958 bits per heavy atom. The summed E-state index contributed by atoms with van der Waals surface area (Å²) in [6.45, 7) is 7.71. The molecule has 126 valence electrons. The Morgan fingerprint density at radius 3 is 2.33 bits per heavy atom. The molecule has 0 spiro atoms.